The van der Waals surface area contributed by atoms with E-state index < -0.39 is 10.1 Å². The van der Waals surface area contributed by atoms with Crippen molar-refractivity contribution in [1.29, 1.82) is 0 Å². The van der Waals surface area contributed by atoms with Crippen LogP contribution in [0.25, 0.3) is 22.3 Å². The third-order valence-electron chi connectivity index (χ3n) is 5.46. The first-order valence-corrected chi connectivity index (χ1v) is 13.0. The van der Waals surface area contributed by atoms with Gasteiger partial charge in [0.05, 0.1) is 31.2 Å². The van der Waals surface area contributed by atoms with Gasteiger partial charge in [0.2, 0.25) is 5.82 Å². The minimum Gasteiger partial charge on any atom is -0.744 e. The summed E-state index contributed by atoms with van der Waals surface area (Å²) in [6, 6.07) is 13.8. The largest absolute Gasteiger partial charge is 0.744 e. The van der Waals surface area contributed by atoms with Gasteiger partial charge in [-0.25, -0.2) is 22.5 Å². The number of rotatable bonds is 9. The lowest BCUT2D eigenvalue weighted by Gasteiger charge is -2.05. The van der Waals surface area contributed by atoms with E-state index in [1.54, 1.807) is 12.1 Å². The van der Waals surface area contributed by atoms with Crippen LogP contribution in [0.4, 0.5) is 0 Å². The molecule has 188 valence electrons. The van der Waals surface area contributed by atoms with Crippen molar-refractivity contribution in [3.63, 3.8) is 0 Å². The van der Waals surface area contributed by atoms with E-state index in [9.17, 15) is 13.0 Å². The number of hydrogen-bond donors (Lipinski definition) is 0. The molecule has 10 heteroatoms. The molecule has 0 bridgehead atoms. The number of para-hydroxylation sites is 2. The van der Waals surface area contributed by atoms with E-state index in [0.29, 0.717) is 13.2 Å². The average Bonchev–Trinajstić information content (AvgIpc) is 3.08. The molecule has 0 aliphatic carbocycles. The second kappa shape index (κ2) is 12.2. The molecule has 0 unspecified atom stereocenters. The first kappa shape index (κ1) is 26.7. The van der Waals surface area contributed by atoms with Gasteiger partial charge in [-0.05, 0) is 45.0 Å². The summed E-state index contributed by atoms with van der Waals surface area (Å²) < 4.78 is 46.6. The number of aromatic nitrogens is 4. The molecule has 0 N–H and O–H groups in total. The maximum Gasteiger partial charge on any atom is 0.323 e. The Morgan fingerprint density at radius 1 is 0.914 bits per heavy atom. The molecule has 9 nitrogen and oxygen atoms in total. The van der Waals surface area contributed by atoms with Crippen molar-refractivity contribution in [3.05, 3.63) is 59.9 Å². The molecule has 2 heterocycles. The quantitative estimate of drug-likeness (QED) is 0.197. The summed E-state index contributed by atoms with van der Waals surface area (Å²) in [6.07, 6.45) is 0. The van der Waals surface area contributed by atoms with Gasteiger partial charge in [0.25, 0.3) is 5.65 Å². The van der Waals surface area contributed by atoms with Crippen LogP contribution in [0.3, 0.4) is 0 Å². The lowest BCUT2D eigenvalue weighted by molar-refractivity contribution is -0.681. The third kappa shape index (κ3) is 6.82. The minimum absolute atomic E-state index is 0.178. The number of benzene rings is 2. The number of fused-ring (bicyclic) bond motifs is 2. The number of aryl methyl sites for hydroxylation is 1. The zero-order chi connectivity index (χ0) is 25.4. The topological polar surface area (TPSA) is 110 Å². The molecule has 0 amide bonds. The SMILES string of the molecule is CCOCCn1c(C)[n+](CCOCC)c2nc3ccccc3nc21.Cc1ccc(S(=O)(=O)[O-])cc1. The fourth-order valence-corrected chi connectivity index (χ4v) is 4.11. The van der Waals surface area contributed by atoms with Crippen molar-refractivity contribution >= 4 is 32.4 Å². The Kier molecular flexibility index (Phi) is 9.27. The predicted octanol–water partition coefficient (Wildman–Crippen LogP) is 3.15. The first-order valence-electron chi connectivity index (χ1n) is 11.6. The molecule has 4 aromatic rings. The Morgan fingerprint density at radius 3 is 2.11 bits per heavy atom. The van der Waals surface area contributed by atoms with E-state index >= 15 is 0 Å². The van der Waals surface area contributed by atoms with E-state index in [2.05, 4.69) is 16.1 Å². The van der Waals surface area contributed by atoms with E-state index in [1.165, 1.54) is 12.1 Å². The zero-order valence-electron chi connectivity index (χ0n) is 20.6. The van der Waals surface area contributed by atoms with Crippen LogP contribution in [0, 0.1) is 13.8 Å². The second-order valence-corrected chi connectivity index (χ2v) is 9.25. The van der Waals surface area contributed by atoms with Crippen molar-refractivity contribution in [3.8, 4) is 0 Å². The monoisotopic (exact) mass is 500 g/mol. The van der Waals surface area contributed by atoms with Crippen LogP contribution in [0.5, 0.6) is 0 Å². The maximum atomic E-state index is 10.4. The molecule has 0 saturated carbocycles. The summed E-state index contributed by atoms with van der Waals surface area (Å²) in [6.45, 7) is 12.3. The summed E-state index contributed by atoms with van der Waals surface area (Å²) in [4.78, 5) is 9.52. The van der Waals surface area contributed by atoms with Crippen molar-refractivity contribution < 1.29 is 27.0 Å². The molecule has 0 aliphatic heterocycles. The lowest BCUT2D eigenvalue weighted by Crippen LogP contribution is -2.39. The van der Waals surface area contributed by atoms with Gasteiger partial charge < -0.3 is 14.0 Å². The fourth-order valence-electron chi connectivity index (χ4n) is 3.64. The van der Waals surface area contributed by atoms with E-state index in [4.69, 9.17) is 19.4 Å². The van der Waals surface area contributed by atoms with Gasteiger partial charge >= 0.3 is 5.65 Å². The normalized spacial score (nSPS) is 11.6. The van der Waals surface area contributed by atoms with E-state index in [0.717, 1.165) is 60.0 Å². The van der Waals surface area contributed by atoms with Crippen molar-refractivity contribution in [2.24, 2.45) is 0 Å². The van der Waals surface area contributed by atoms with Crippen molar-refractivity contribution in [2.75, 3.05) is 26.4 Å². The van der Waals surface area contributed by atoms with Crippen LogP contribution in [-0.2, 0) is 32.7 Å². The Hall–Kier alpha value is -2.92. The van der Waals surface area contributed by atoms with E-state index in [-0.39, 0.29) is 4.90 Å². The molecular formula is C25H32N4O5S. The van der Waals surface area contributed by atoms with Crippen LogP contribution < -0.4 is 4.57 Å². The molecule has 0 fully saturated rings. The van der Waals surface area contributed by atoms with Gasteiger partial charge in [-0.2, -0.15) is 0 Å². The molecule has 0 spiro atoms. The van der Waals surface area contributed by atoms with Gasteiger partial charge in [0.1, 0.15) is 15.6 Å². The zero-order valence-corrected chi connectivity index (χ0v) is 21.4. The van der Waals surface area contributed by atoms with Crippen LogP contribution in [0.2, 0.25) is 0 Å². The summed E-state index contributed by atoms with van der Waals surface area (Å²) >= 11 is 0. The van der Waals surface area contributed by atoms with E-state index in [1.807, 2.05) is 45.0 Å². The predicted molar refractivity (Wildman–Crippen MR) is 132 cm³/mol. The van der Waals surface area contributed by atoms with Gasteiger partial charge in [-0.3, -0.25) is 0 Å². The highest BCUT2D eigenvalue weighted by Gasteiger charge is 2.24. The Morgan fingerprint density at radius 2 is 1.51 bits per heavy atom. The van der Waals surface area contributed by atoms with Crippen LogP contribution in [0.15, 0.2) is 53.4 Å². The summed E-state index contributed by atoms with van der Waals surface area (Å²) in [5, 5.41) is 0. The molecule has 35 heavy (non-hydrogen) atoms. The van der Waals surface area contributed by atoms with Crippen molar-refractivity contribution in [2.45, 2.75) is 45.7 Å². The molecule has 0 aliphatic rings. The van der Waals surface area contributed by atoms with Crippen LogP contribution in [0.1, 0.15) is 25.2 Å². The van der Waals surface area contributed by atoms with Crippen LogP contribution in [-0.4, -0.2) is 53.9 Å². The highest BCUT2D eigenvalue weighted by atomic mass is 32.2. The average molecular weight is 501 g/mol. The number of ether oxygens (including phenoxy) is 2. The number of imidazole rings is 1. The third-order valence-corrected chi connectivity index (χ3v) is 6.31. The Bertz CT molecular complexity index is 1300. The second-order valence-electron chi connectivity index (χ2n) is 7.87. The number of nitrogens with zero attached hydrogens (tertiary/aromatic N) is 4. The first-order chi connectivity index (χ1) is 16.8. The smallest absolute Gasteiger partial charge is 0.323 e. The molecule has 2 aromatic heterocycles. The highest BCUT2D eigenvalue weighted by molar-refractivity contribution is 7.85. The molecule has 0 atom stereocenters. The Labute approximate surface area is 206 Å². The van der Waals surface area contributed by atoms with Crippen molar-refractivity contribution in [1.82, 2.24) is 14.5 Å². The Balaban J connectivity index is 0.000000261. The maximum absolute atomic E-state index is 10.4. The van der Waals surface area contributed by atoms with Crippen LogP contribution >= 0.6 is 0 Å². The number of hydrogen-bond acceptors (Lipinski definition) is 7. The highest BCUT2D eigenvalue weighted by Crippen LogP contribution is 2.16. The molecule has 2 aromatic carbocycles. The molecule has 0 radical (unpaired) electrons. The summed E-state index contributed by atoms with van der Waals surface area (Å²) in [5.41, 5.74) is 4.57. The summed E-state index contributed by atoms with van der Waals surface area (Å²) in [7, 11) is -4.27. The van der Waals surface area contributed by atoms with Gasteiger partial charge in [0, 0.05) is 20.1 Å². The standard InChI is InChI=1S/C18H25N4O2.C7H8O3S/c1-4-23-12-10-21-14(3)22(11-13-24-5-2)18-17(21)19-15-8-6-7-9-16(15)20-18;1-6-2-4-7(5-3-6)11(8,9)10/h6-9H,4-5,10-13H2,1-3H3;2-5H,1H3,(H,8,9,10)/q+1;/p-1. The minimum atomic E-state index is -4.27. The van der Waals surface area contributed by atoms with Gasteiger partial charge in [-0.1, -0.05) is 34.8 Å². The lowest BCUT2D eigenvalue weighted by atomic mass is 10.2. The molecular weight excluding hydrogens is 468 g/mol. The molecule has 4 rings (SSSR count). The van der Waals surface area contributed by atoms with Gasteiger partial charge in [-0.15, -0.1) is 0 Å². The molecule has 0 saturated heterocycles. The summed E-state index contributed by atoms with van der Waals surface area (Å²) in [5.74, 6) is 1.12. The fraction of sp³-hybridized carbons (Fsp3) is 0.400. The van der Waals surface area contributed by atoms with Gasteiger partial charge in [0.15, 0.2) is 5.52 Å².